The summed E-state index contributed by atoms with van der Waals surface area (Å²) in [5.41, 5.74) is 10.6. The Morgan fingerprint density at radius 2 is 2.36 bits per heavy atom. The van der Waals surface area contributed by atoms with E-state index in [2.05, 4.69) is 4.98 Å². The number of ether oxygens (including phenoxy) is 1. The number of carbonyl (C=O) groups is 1. The average Bonchev–Trinajstić information content (AvgIpc) is 2.16. The molecule has 1 amide bonds. The summed E-state index contributed by atoms with van der Waals surface area (Å²) in [6.45, 7) is 0. The molecule has 0 unspecified atom stereocenters. The predicted molar refractivity (Wildman–Crippen MR) is 48.4 cm³/mol. The number of aromatic nitrogens is 1. The fourth-order valence-electron chi connectivity index (χ4n) is 0.943. The number of anilines is 1. The number of carbonyl (C=O) groups excluding carboxylic acids is 1. The Morgan fingerprint density at radius 1 is 1.71 bits per heavy atom. The van der Waals surface area contributed by atoms with Crippen LogP contribution >= 0.6 is 0 Å². The van der Waals surface area contributed by atoms with Crippen LogP contribution in [0, 0.1) is 11.3 Å². The van der Waals surface area contributed by atoms with Crippen LogP contribution in [0.3, 0.4) is 0 Å². The van der Waals surface area contributed by atoms with E-state index in [1.54, 1.807) is 0 Å². The van der Waals surface area contributed by atoms with Gasteiger partial charge in [0.25, 0.3) is 5.91 Å². The van der Waals surface area contributed by atoms with Crippen molar-refractivity contribution in [3.63, 3.8) is 0 Å². The smallest absolute Gasteiger partial charge is 0.252 e. The van der Waals surface area contributed by atoms with Crippen molar-refractivity contribution in [1.29, 1.82) is 5.26 Å². The number of nitrogens with zero attached hydrogens (tertiary/aromatic N) is 2. The van der Waals surface area contributed by atoms with Crippen LogP contribution in [0.15, 0.2) is 6.07 Å². The highest BCUT2D eigenvalue weighted by Crippen LogP contribution is 2.19. The molecule has 0 fully saturated rings. The zero-order chi connectivity index (χ0) is 10.7. The van der Waals surface area contributed by atoms with E-state index in [0.29, 0.717) is 0 Å². The fourth-order valence-corrected chi connectivity index (χ4v) is 0.943. The van der Waals surface area contributed by atoms with Crippen LogP contribution in [-0.4, -0.2) is 18.0 Å². The molecule has 0 aromatic carbocycles. The Hall–Kier alpha value is -2.29. The minimum Gasteiger partial charge on any atom is -0.480 e. The van der Waals surface area contributed by atoms with Crippen molar-refractivity contribution in [3.05, 3.63) is 17.2 Å². The van der Waals surface area contributed by atoms with Crippen molar-refractivity contribution in [2.45, 2.75) is 0 Å². The Kier molecular flexibility index (Phi) is 2.53. The van der Waals surface area contributed by atoms with Crippen LogP contribution in [0.4, 0.5) is 5.82 Å². The molecule has 4 N–H and O–H groups in total. The van der Waals surface area contributed by atoms with Crippen molar-refractivity contribution in [2.24, 2.45) is 5.73 Å². The van der Waals surface area contributed by atoms with Crippen molar-refractivity contribution in [3.8, 4) is 11.9 Å². The molecule has 0 aliphatic carbocycles. The van der Waals surface area contributed by atoms with E-state index >= 15 is 0 Å². The molecule has 0 spiro atoms. The van der Waals surface area contributed by atoms with Gasteiger partial charge in [-0.1, -0.05) is 0 Å². The predicted octanol–water partition coefficient (Wildman–Crippen LogP) is -0.357. The van der Waals surface area contributed by atoms with Gasteiger partial charge in [0.15, 0.2) is 0 Å². The summed E-state index contributed by atoms with van der Waals surface area (Å²) in [6.07, 6.45) is 0. The summed E-state index contributed by atoms with van der Waals surface area (Å²) in [5.74, 6) is -0.697. The first kappa shape index (κ1) is 9.80. The molecule has 0 radical (unpaired) electrons. The highest BCUT2D eigenvalue weighted by molar-refractivity contribution is 5.97. The summed E-state index contributed by atoms with van der Waals surface area (Å²) in [4.78, 5) is 14.6. The lowest BCUT2D eigenvalue weighted by Crippen LogP contribution is -2.15. The second-order valence-electron chi connectivity index (χ2n) is 2.45. The number of nitrogens with two attached hydrogens (primary N) is 2. The van der Waals surface area contributed by atoms with E-state index in [0.717, 1.165) is 0 Å². The van der Waals surface area contributed by atoms with Crippen LogP contribution in [0.5, 0.6) is 5.88 Å². The Balaban J connectivity index is 3.40. The molecule has 1 heterocycles. The quantitative estimate of drug-likeness (QED) is 0.664. The first-order chi connectivity index (χ1) is 6.60. The van der Waals surface area contributed by atoms with Crippen molar-refractivity contribution in [1.82, 2.24) is 4.98 Å². The highest BCUT2D eigenvalue weighted by Gasteiger charge is 2.13. The van der Waals surface area contributed by atoms with Gasteiger partial charge < -0.3 is 16.2 Å². The van der Waals surface area contributed by atoms with E-state index in [1.165, 1.54) is 13.2 Å². The minimum absolute atomic E-state index is 0.0161. The third kappa shape index (κ3) is 1.56. The number of primary amides is 1. The summed E-state index contributed by atoms with van der Waals surface area (Å²) in [7, 11) is 1.35. The van der Waals surface area contributed by atoms with E-state index in [4.69, 9.17) is 21.5 Å². The maximum Gasteiger partial charge on any atom is 0.252 e. The van der Waals surface area contributed by atoms with Gasteiger partial charge in [-0.3, -0.25) is 4.79 Å². The molecule has 1 rings (SSSR count). The van der Waals surface area contributed by atoms with E-state index < -0.39 is 5.91 Å². The third-order valence-corrected chi connectivity index (χ3v) is 1.60. The molecule has 0 saturated heterocycles. The maximum absolute atomic E-state index is 10.8. The molecule has 0 bridgehead atoms. The van der Waals surface area contributed by atoms with Gasteiger partial charge in [-0.2, -0.15) is 10.2 Å². The lowest BCUT2D eigenvalue weighted by molar-refractivity contribution is 0.100. The SMILES string of the molecule is COc1nc(N)c(C(N)=O)cc1C#N. The largest absolute Gasteiger partial charge is 0.480 e. The zero-order valence-electron chi connectivity index (χ0n) is 7.44. The number of rotatable bonds is 2. The van der Waals surface area contributed by atoms with Gasteiger partial charge in [0.05, 0.1) is 12.7 Å². The summed E-state index contributed by atoms with van der Waals surface area (Å²) < 4.78 is 4.79. The normalized spacial score (nSPS) is 9.14. The fraction of sp³-hybridized carbons (Fsp3) is 0.125. The molecular formula is C8H8N4O2. The van der Waals surface area contributed by atoms with Crippen LogP contribution < -0.4 is 16.2 Å². The number of amides is 1. The van der Waals surface area contributed by atoms with Crippen LogP contribution in [-0.2, 0) is 0 Å². The van der Waals surface area contributed by atoms with Crippen molar-refractivity contribution < 1.29 is 9.53 Å². The van der Waals surface area contributed by atoms with Gasteiger partial charge in [0.2, 0.25) is 5.88 Å². The molecule has 0 aliphatic rings. The minimum atomic E-state index is -0.728. The second kappa shape index (κ2) is 3.62. The van der Waals surface area contributed by atoms with Crippen LogP contribution in [0.2, 0.25) is 0 Å². The first-order valence-electron chi connectivity index (χ1n) is 3.64. The molecular weight excluding hydrogens is 184 g/mol. The summed E-state index contributed by atoms with van der Waals surface area (Å²) in [6, 6.07) is 3.07. The molecule has 0 atom stereocenters. The van der Waals surface area contributed by atoms with Gasteiger partial charge in [-0.25, -0.2) is 0 Å². The average molecular weight is 192 g/mol. The number of nitriles is 1. The van der Waals surface area contributed by atoms with E-state index in [9.17, 15) is 4.79 Å². The second-order valence-corrected chi connectivity index (χ2v) is 2.45. The molecule has 1 aromatic heterocycles. The number of hydrogen-bond acceptors (Lipinski definition) is 5. The van der Waals surface area contributed by atoms with E-state index in [1.807, 2.05) is 6.07 Å². The monoisotopic (exact) mass is 192 g/mol. The molecule has 1 aromatic rings. The zero-order valence-corrected chi connectivity index (χ0v) is 7.44. The topological polar surface area (TPSA) is 115 Å². The lowest BCUT2D eigenvalue weighted by atomic mass is 10.2. The lowest BCUT2D eigenvalue weighted by Gasteiger charge is -2.05. The van der Waals surface area contributed by atoms with Gasteiger partial charge in [0.1, 0.15) is 17.5 Å². The molecule has 6 nitrogen and oxygen atoms in total. The molecule has 14 heavy (non-hydrogen) atoms. The van der Waals surface area contributed by atoms with Gasteiger partial charge in [-0.05, 0) is 6.07 Å². The molecule has 0 saturated carbocycles. The third-order valence-electron chi connectivity index (χ3n) is 1.60. The Morgan fingerprint density at radius 3 is 2.79 bits per heavy atom. The van der Waals surface area contributed by atoms with Crippen LogP contribution in [0.25, 0.3) is 0 Å². The number of nitrogen functional groups attached to an aromatic ring is 1. The van der Waals surface area contributed by atoms with Crippen LogP contribution in [0.1, 0.15) is 15.9 Å². The van der Waals surface area contributed by atoms with E-state index in [-0.39, 0.29) is 22.8 Å². The standard InChI is InChI=1S/C8H8N4O2/c1-14-8-4(3-9)2-5(7(11)13)6(10)12-8/h2H,1H3,(H2,10,12)(H2,11,13). The Bertz CT molecular complexity index is 422. The molecule has 6 heteroatoms. The van der Waals surface area contributed by atoms with Gasteiger partial charge >= 0.3 is 0 Å². The maximum atomic E-state index is 10.8. The summed E-state index contributed by atoms with van der Waals surface area (Å²) in [5, 5.41) is 8.68. The van der Waals surface area contributed by atoms with Gasteiger partial charge in [0, 0.05) is 0 Å². The molecule has 72 valence electrons. The number of pyridine rings is 1. The van der Waals surface area contributed by atoms with Gasteiger partial charge in [-0.15, -0.1) is 0 Å². The first-order valence-corrected chi connectivity index (χ1v) is 3.64. The number of methoxy groups -OCH3 is 1. The Labute approximate surface area is 80.1 Å². The summed E-state index contributed by atoms with van der Waals surface area (Å²) >= 11 is 0. The highest BCUT2D eigenvalue weighted by atomic mass is 16.5. The molecule has 0 aliphatic heterocycles. The van der Waals surface area contributed by atoms with Crippen molar-refractivity contribution >= 4 is 11.7 Å². The number of hydrogen-bond donors (Lipinski definition) is 2. The van der Waals surface area contributed by atoms with Crippen molar-refractivity contribution in [2.75, 3.05) is 12.8 Å².